The lowest BCUT2D eigenvalue weighted by Crippen LogP contribution is -2.31. The summed E-state index contributed by atoms with van der Waals surface area (Å²) in [7, 11) is 0. The predicted octanol–water partition coefficient (Wildman–Crippen LogP) is 0.556. The molecule has 0 aromatic carbocycles. The molecule has 0 spiro atoms. The second-order valence-corrected chi connectivity index (χ2v) is 4.17. The summed E-state index contributed by atoms with van der Waals surface area (Å²) in [5, 5.41) is 6.20. The number of nitrogens with one attached hydrogen (secondary N) is 2. The number of hydrogen-bond acceptors (Lipinski definition) is 2. The lowest BCUT2D eigenvalue weighted by molar-refractivity contribution is -0.122. The molecule has 0 aliphatic heterocycles. The van der Waals surface area contributed by atoms with E-state index >= 15 is 0 Å². The fourth-order valence-corrected chi connectivity index (χ4v) is 1.38. The summed E-state index contributed by atoms with van der Waals surface area (Å²) in [6.45, 7) is 0.435. The zero-order chi connectivity index (χ0) is 10.4. The Hall–Kier alpha value is -0.580. The Morgan fingerprint density at radius 3 is 2.50 bits per heavy atom. The van der Waals surface area contributed by atoms with Crippen molar-refractivity contribution in [3.8, 4) is 0 Å². The van der Waals surface area contributed by atoms with Crippen molar-refractivity contribution in [1.29, 1.82) is 0 Å². The predicted molar refractivity (Wildman–Crippen MR) is 57.2 cm³/mol. The lowest BCUT2D eigenvalue weighted by Gasteiger charge is -2.04. The number of alkyl halides is 1. The minimum Gasteiger partial charge on any atom is -0.356 e. The Balaban J connectivity index is 1.96. The topological polar surface area (TPSA) is 58.2 Å². The van der Waals surface area contributed by atoms with Gasteiger partial charge in [0, 0.05) is 30.8 Å². The highest BCUT2D eigenvalue weighted by Crippen LogP contribution is 2.18. The van der Waals surface area contributed by atoms with Crippen LogP contribution in [-0.2, 0) is 9.59 Å². The minimum atomic E-state index is -0.0129. The molecule has 0 atom stereocenters. The first-order chi connectivity index (χ1) is 6.72. The van der Waals surface area contributed by atoms with Crippen LogP contribution in [0.25, 0.3) is 0 Å². The zero-order valence-corrected chi connectivity index (χ0v) is 9.60. The van der Waals surface area contributed by atoms with Crippen molar-refractivity contribution >= 4 is 27.7 Å². The Morgan fingerprint density at radius 2 is 1.93 bits per heavy atom. The molecule has 0 heterocycles. The Bertz CT molecular complexity index is 217. The van der Waals surface area contributed by atoms with Crippen LogP contribution in [0.3, 0.4) is 0 Å². The van der Waals surface area contributed by atoms with Crippen molar-refractivity contribution < 1.29 is 9.59 Å². The smallest absolute Gasteiger partial charge is 0.221 e. The van der Waals surface area contributed by atoms with Gasteiger partial charge in [-0.2, -0.15) is 0 Å². The van der Waals surface area contributed by atoms with E-state index in [0.717, 1.165) is 12.8 Å². The standard InChI is InChI=1S/C9H15BrN2O2/c10-5-3-8(13)11-6-4-9(14)12-7-1-2-7/h7H,1-6H2,(H,11,13)(H,12,14). The molecule has 1 rings (SSSR count). The van der Waals surface area contributed by atoms with Gasteiger partial charge in [0.25, 0.3) is 0 Å². The van der Waals surface area contributed by atoms with Gasteiger partial charge in [0.1, 0.15) is 0 Å². The van der Waals surface area contributed by atoms with Crippen molar-refractivity contribution in [2.75, 3.05) is 11.9 Å². The van der Waals surface area contributed by atoms with Crippen LogP contribution in [0, 0.1) is 0 Å². The summed E-state index contributed by atoms with van der Waals surface area (Å²) < 4.78 is 0. The maximum Gasteiger partial charge on any atom is 0.221 e. The van der Waals surface area contributed by atoms with E-state index in [0.29, 0.717) is 30.8 Å². The molecule has 1 aliphatic rings. The van der Waals surface area contributed by atoms with E-state index in [1.165, 1.54) is 0 Å². The van der Waals surface area contributed by atoms with E-state index in [1.807, 2.05) is 0 Å². The maximum absolute atomic E-state index is 11.2. The summed E-state index contributed by atoms with van der Waals surface area (Å²) in [4.78, 5) is 22.1. The van der Waals surface area contributed by atoms with Gasteiger partial charge in [-0.1, -0.05) is 15.9 Å². The SMILES string of the molecule is O=C(CCBr)NCCC(=O)NC1CC1. The van der Waals surface area contributed by atoms with Gasteiger partial charge in [0.15, 0.2) is 0 Å². The van der Waals surface area contributed by atoms with Gasteiger partial charge in [0.2, 0.25) is 11.8 Å². The zero-order valence-electron chi connectivity index (χ0n) is 8.01. The van der Waals surface area contributed by atoms with E-state index < -0.39 is 0 Å². The van der Waals surface area contributed by atoms with Gasteiger partial charge in [-0.25, -0.2) is 0 Å². The quantitative estimate of drug-likeness (QED) is 0.688. The third-order valence-corrected chi connectivity index (χ3v) is 2.33. The molecule has 1 aliphatic carbocycles. The van der Waals surface area contributed by atoms with Crippen molar-refractivity contribution in [3.63, 3.8) is 0 Å². The van der Waals surface area contributed by atoms with E-state index in [-0.39, 0.29) is 11.8 Å². The van der Waals surface area contributed by atoms with E-state index in [2.05, 4.69) is 26.6 Å². The summed E-state index contributed by atoms with van der Waals surface area (Å²) in [6, 6.07) is 0.403. The molecule has 80 valence electrons. The second kappa shape index (κ2) is 6.01. The number of carbonyl (C=O) groups excluding carboxylic acids is 2. The van der Waals surface area contributed by atoms with Gasteiger partial charge >= 0.3 is 0 Å². The molecule has 14 heavy (non-hydrogen) atoms. The van der Waals surface area contributed by atoms with E-state index in [4.69, 9.17) is 0 Å². The fourth-order valence-electron chi connectivity index (χ4n) is 1.02. The Morgan fingerprint density at radius 1 is 1.21 bits per heavy atom. The van der Waals surface area contributed by atoms with Crippen LogP contribution in [0.2, 0.25) is 0 Å². The maximum atomic E-state index is 11.2. The Kier molecular flexibility index (Phi) is 4.93. The van der Waals surface area contributed by atoms with Crippen LogP contribution < -0.4 is 10.6 Å². The van der Waals surface area contributed by atoms with Crippen LogP contribution in [0.4, 0.5) is 0 Å². The molecule has 2 N–H and O–H groups in total. The summed E-state index contributed by atoms with van der Waals surface area (Å²) in [5.41, 5.74) is 0. The average molecular weight is 263 g/mol. The monoisotopic (exact) mass is 262 g/mol. The molecule has 1 fully saturated rings. The van der Waals surface area contributed by atoms with Crippen molar-refractivity contribution in [3.05, 3.63) is 0 Å². The molecule has 0 unspecified atom stereocenters. The van der Waals surface area contributed by atoms with Crippen molar-refractivity contribution in [2.24, 2.45) is 0 Å². The largest absolute Gasteiger partial charge is 0.356 e. The second-order valence-electron chi connectivity index (χ2n) is 3.38. The fraction of sp³-hybridized carbons (Fsp3) is 0.778. The van der Waals surface area contributed by atoms with E-state index in [9.17, 15) is 9.59 Å². The number of hydrogen-bond donors (Lipinski definition) is 2. The average Bonchev–Trinajstić information content (AvgIpc) is 2.88. The first-order valence-corrected chi connectivity index (χ1v) is 5.96. The first kappa shape index (κ1) is 11.5. The highest BCUT2D eigenvalue weighted by molar-refractivity contribution is 9.09. The molecule has 0 radical (unpaired) electrons. The summed E-state index contributed by atoms with van der Waals surface area (Å²) in [6.07, 6.45) is 3.04. The van der Waals surface area contributed by atoms with Crippen molar-refractivity contribution in [1.82, 2.24) is 10.6 Å². The van der Waals surface area contributed by atoms with Crippen LogP contribution >= 0.6 is 15.9 Å². The molecule has 0 saturated heterocycles. The molecule has 4 nitrogen and oxygen atoms in total. The summed E-state index contributed by atoms with van der Waals surface area (Å²) >= 11 is 3.17. The highest BCUT2D eigenvalue weighted by Gasteiger charge is 2.22. The molecule has 5 heteroatoms. The number of carbonyl (C=O) groups is 2. The van der Waals surface area contributed by atoms with Gasteiger partial charge < -0.3 is 10.6 Å². The molecular weight excluding hydrogens is 248 g/mol. The highest BCUT2D eigenvalue weighted by atomic mass is 79.9. The van der Waals surface area contributed by atoms with Crippen LogP contribution in [0.5, 0.6) is 0 Å². The number of amides is 2. The van der Waals surface area contributed by atoms with Crippen molar-refractivity contribution in [2.45, 2.75) is 31.7 Å². The first-order valence-electron chi connectivity index (χ1n) is 4.84. The van der Waals surface area contributed by atoms with E-state index in [1.54, 1.807) is 0 Å². The minimum absolute atomic E-state index is 0.0129. The van der Waals surface area contributed by atoms with Crippen LogP contribution in [0.15, 0.2) is 0 Å². The molecule has 1 saturated carbocycles. The molecule has 0 aromatic heterocycles. The van der Waals surface area contributed by atoms with Gasteiger partial charge in [0.05, 0.1) is 0 Å². The van der Waals surface area contributed by atoms with Crippen LogP contribution in [0.1, 0.15) is 25.7 Å². The van der Waals surface area contributed by atoms with Gasteiger partial charge in [-0.05, 0) is 12.8 Å². The number of halogens is 1. The molecule has 0 aromatic rings. The Labute approximate surface area is 91.9 Å². The van der Waals surface area contributed by atoms with Gasteiger partial charge in [-0.15, -0.1) is 0 Å². The normalized spacial score (nSPS) is 14.9. The summed E-state index contributed by atoms with van der Waals surface area (Å²) in [5.74, 6) is 0.0211. The lowest BCUT2D eigenvalue weighted by atomic mass is 10.3. The molecule has 0 bridgehead atoms. The van der Waals surface area contributed by atoms with Crippen LogP contribution in [-0.4, -0.2) is 29.7 Å². The molecule has 2 amide bonds. The third kappa shape index (κ3) is 5.21. The van der Waals surface area contributed by atoms with Gasteiger partial charge in [-0.3, -0.25) is 9.59 Å². The third-order valence-electron chi connectivity index (χ3n) is 1.94. The number of rotatable bonds is 6. The molecular formula is C9H15BrN2O2.